The number of aliphatic imine (C=N–C) groups is 1. The average molecular weight is 179 g/mol. The van der Waals surface area contributed by atoms with Crippen LogP contribution in [-0.2, 0) is 7.05 Å². The summed E-state index contributed by atoms with van der Waals surface area (Å²) in [6.07, 6.45) is 0. The van der Waals surface area contributed by atoms with E-state index in [1.165, 1.54) is 0 Å². The summed E-state index contributed by atoms with van der Waals surface area (Å²) in [5.41, 5.74) is 1.00. The second kappa shape index (κ2) is 3.08. The molecule has 13 heavy (non-hydrogen) atoms. The number of rotatable bonds is 1. The van der Waals surface area contributed by atoms with Gasteiger partial charge in [0.1, 0.15) is 5.82 Å². The number of guanidine groups is 1. The Morgan fingerprint density at radius 1 is 1.62 bits per heavy atom. The molecular formula is C8H13N5. The third kappa shape index (κ3) is 1.63. The maximum absolute atomic E-state index is 4.23. The lowest BCUT2D eigenvalue weighted by molar-refractivity contribution is 0.765. The van der Waals surface area contributed by atoms with E-state index in [1.54, 1.807) is 4.68 Å². The van der Waals surface area contributed by atoms with Crippen molar-refractivity contribution in [1.82, 2.24) is 15.1 Å². The highest BCUT2D eigenvalue weighted by atomic mass is 15.3. The van der Waals surface area contributed by atoms with Crippen LogP contribution in [0.15, 0.2) is 11.1 Å². The van der Waals surface area contributed by atoms with Gasteiger partial charge in [0.2, 0.25) is 0 Å². The van der Waals surface area contributed by atoms with Gasteiger partial charge in [0.05, 0.1) is 12.2 Å². The molecule has 0 bridgehead atoms. The van der Waals surface area contributed by atoms with Crippen LogP contribution in [0.25, 0.3) is 0 Å². The van der Waals surface area contributed by atoms with E-state index in [4.69, 9.17) is 0 Å². The molecule has 1 aromatic rings. The summed E-state index contributed by atoms with van der Waals surface area (Å²) in [6, 6.07) is 1.99. The number of aromatic nitrogens is 2. The number of aryl methyl sites for hydroxylation is 2. The van der Waals surface area contributed by atoms with Gasteiger partial charge in [-0.15, -0.1) is 0 Å². The van der Waals surface area contributed by atoms with Crippen molar-refractivity contribution in [3.63, 3.8) is 0 Å². The average Bonchev–Trinajstić information content (AvgIpc) is 2.63. The Hall–Kier alpha value is -1.52. The van der Waals surface area contributed by atoms with Crippen molar-refractivity contribution in [2.24, 2.45) is 12.0 Å². The lowest BCUT2D eigenvalue weighted by atomic mass is 10.5. The first-order valence-electron chi connectivity index (χ1n) is 4.32. The molecule has 0 spiro atoms. The van der Waals surface area contributed by atoms with Gasteiger partial charge in [0, 0.05) is 19.7 Å². The zero-order valence-corrected chi connectivity index (χ0v) is 7.83. The van der Waals surface area contributed by atoms with Gasteiger partial charge in [-0.3, -0.25) is 9.67 Å². The summed E-state index contributed by atoms with van der Waals surface area (Å²) < 4.78 is 1.80. The Morgan fingerprint density at radius 3 is 3.00 bits per heavy atom. The molecule has 5 heteroatoms. The first-order valence-corrected chi connectivity index (χ1v) is 4.32. The number of hydrogen-bond donors (Lipinski definition) is 2. The van der Waals surface area contributed by atoms with Gasteiger partial charge >= 0.3 is 0 Å². The van der Waals surface area contributed by atoms with Gasteiger partial charge in [0.15, 0.2) is 5.96 Å². The smallest absolute Gasteiger partial charge is 0.197 e. The predicted molar refractivity (Wildman–Crippen MR) is 51.9 cm³/mol. The molecule has 0 aliphatic carbocycles. The van der Waals surface area contributed by atoms with E-state index in [1.807, 2.05) is 20.0 Å². The molecule has 0 radical (unpaired) electrons. The second-order valence-electron chi connectivity index (χ2n) is 3.08. The van der Waals surface area contributed by atoms with Gasteiger partial charge in [0.25, 0.3) is 0 Å². The molecule has 2 N–H and O–H groups in total. The minimum absolute atomic E-state index is 0.836. The Kier molecular flexibility index (Phi) is 1.92. The molecule has 0 unspecified atom stereocenters. The predicted octanol–water partition coefficient (Wildman–Crippen LogP) is 0.0996. The first kappa shape index (κ1) is 8.10. The van der Waals surface area contributed by atoms with Crippen LogP contribution in [0.3, 0.4) is 0 Å². The van der Waals surface area contributed by atoms with Crippen molar-refractivity contribution in [2.45, 2.75) is 6.92 Å². The number of hydrogen-bond acceptors (Lipinski definition) is 4. The van der Waals surface area contributed by atoms with Crippen LogP contribution in [0.2, 0.25) is 0 Å². The van der Waals surface area contributed by atoms with Crippen LogP contribution in [0.5, 0.6) is 0 Å². The van der Waals surface area contributed by atoms with E-state index < -0.39 is 0 Å². The molecular weight excluding hydrogens is 166 g/mol. The third-order valence-corrected chi connectivity index (χ3v) is 1.92. The van der Waals surface area contributed by atoms with E-state index in [0.717, 1.165) is 30.6 Å². The summed E-state index contributed by atoms with van der Waals surface area (Å²) in [7, 11) is 1.91. The number of nitrogens with one attached hydrogen (secondary N) is 2. The molecule has 1 aromatic heterocycles. The highest BCUT2D eigenvalue weighted by molar-refractivity contribution is 5.93. The maximum Gasteiger partial charge on any atom is 0.197 e. The Balaban J connectivity index is 2.12. The molecule has 2 rings (SSSR count). The molecule has 0 saturated carbocycles. The Labute approximate surface area is 76.9 Å². The fourth-order valence-electron chi connectivity index (χ4n) is 1.33. The van der Waals surface area contributed by atoms with Gasteiger partial charge in [-0.2, -0.15) is 5.10 Å². The van der Waals surface area contributed by atoms with Crippen LogP contribution in [-0.4, -0.2) is 28.8 Å². The van der Waals surface area contributed by atoms with Gasteiger partial charge < -0.3 is 10.6 Å². The molecule has 1 aliphatic heterocycles. The molecule has 5 nitrogen and oxygen atoms in total. The molecule has 0 amide bonds. The summed E-state index contributed by atoms with van der Waals surface area (Å²) in [5.74, 6) is 1.80. The minimum Gasteiger partial charge on any atom is -0.354 e. The van der Waals surface area contributed by atoms with Gasteiger partial charge in [-0.25, -0.2) is 0 Å². The molecule has 0 atom stereocenters. The van der Waals surface area contributed by atoms with Crippen molar-refractivity contribution < 1.29 is 0 Å². The molecule has 0 aromatic carbocycles. The van der Waals surface area contributed by atoms with Crippen molar-refractivity contribution in [1.29, 1.82) is 0 Å². The van der Waals surface area contributed by atoms with Crippen molar-refractivity contribution in [3.8, 4) is 0 Å². The highest BCUT2D eigenvalue weighted by Gasteiger charge is 2.07. The Morgan fingerprint density at radius 2 is 2.46 bits per heavy atom. The fourth-order valence-corrected chi connectivity index (χ4v) is 1.33. The zero-order valence-electron chi connectivity index (χ0n) is 7.83. The summed E-state index contributed by atoms with van der Waals surface area (Å²) in [6.45, 7) is 3.73. The van der Waals surface area contributed by atoms with Crippen LogP contribution >= 0.6 is 0 Å². The first-order chi connectivity index (χ1) is 6.25. The monoisotopic (exact) mass is 179 g/mol. The summed E-state index contributed by atoms with van der Waals surface area (Å²) >= 11 is 0. The number of nitrogens with zero attached hydrogens (tertiary/aromatic N) is 3. The van der Waals surface area contributed by atoms with Crippen LogP contribution < -0.4 is 10.6 Å². The lowest BCUT2D eigenvalue weighted by Crippen LogP contribution is -2.27. The fraction of sp³-hybridized carbons (Fsp3) is 0.500. The van der Waals surface area contributed by atoms with Gasteiger partial charge in [-0.05, 0) is 6.92 Å². The van der Waals surface area contributed by atoms with Crippen LogP contribution in [0, 0.1) is 6.92 Å². The van der Waals surface area contributed by atoms with Gasteiger partial charge in [-0.1, -0.05) is 0 Å². The quantitative estimate of drug-likeness (QED) is 0.643. The molecule has 70 valence electrons. The lowest BCUT2D eigenvalue weighted by Gasteiger charge is -2.05. The van der Waals surface area contributed by atoms with Crippen molar-refractivity contribution in [3.05, 3.63) is 11.8 Å². The molecule has 0 fully saturated rings. The SMILES string of the molecule is Cc1cc(NC2=NCCN2)n(C)n1. The van der Waals surface area contributed by atoms with Crippen molar-refractivity contribution in [2.75, 3.05) is 18.4 Å². The van der Waals surface area contributed by atoms with E-state index in [0.29, 0.717) is 0 Å². The largest absolute Gasteiger partial charge is 0.354 e. The summed E-state index contributed by atoms with van der Waals surface area (Å²) in [5, 5.41) is 10.5. The molecule has 0 saturated heterocycles. The van der Waals surface area contributed by atoms with Crippen LogP contribution in [0.4, 0.5) is 5.82 Å². The standard InChI is InChI=1S/C8H13N5/c1-6-5-7(13(2)12-6)11-8-9-3-4-10-8/h5H,3-4H2,1-2H3,(H2,9,10,11). The summed E-state index contributed by atoms with van der Waals surface area (Å²) in [4.78, 5) is 4.23. The normalized spacial score (nSPS) is 15.4. The van der Waals surface area contributed by atoms with E-state index >= 15 is 0 Å². The molecule has 1 aliphatic rings. The van der Waals surface area contributed by atoms with E-state index in [-0.39, 0.29) is 0 Å². The minimum atomic E-state index is 0.836. The highest BCUT2D eigenvalue weighted by Crippen LogP contribution is 2.07. The maximum atomic E-state index is 4.23. The topological polar surface area (TPSA) is 54.2 Å². The van der Waals surface area contributed by atoms with Crippen molar-refractivity contribution >= 4 is 11.8 Å². The third-order valence-electron chi connectivity index (χ3n) is 1.92. The second-order valence-corrected chi connectivity index (χ2v) is 3.08. The Bertz CT molecular complexity index is 338. The molecule has 2 heterocycles. The number of anilines is 1. The zero-order chi connectivity index (χ0) is 9.26. The van der Waals surface area contributed by atoms with E-state index in [2.05, 4.69) is 20.7 Å². The van der Waals surface area contributed by atoms with Crippen LogP contribution in [0.1, 0.15) is 5.69 Å². The van der Waals surface area contributed by atoms with E-state index in [9.17, 15) is 0 Å².